The lowest BCUT2D eigenvalue weighted by Gasteiger charge is -2.19. The van der Waals surface area contributed by atoms with Crippen molar-refractivity contribution in [3.8, 4) is 0 Å². The zero-order valence-electron chi connectivity index (χ0n) is 18.6. The Bertz CT molecular complexity index is 739. The third-order valence-corrected chi connectivity index (χ3v) is 5.09. The Morgan fingerprint density at radius 2 is 1.76 bits per heavy atom. The third kappa shape index (κ3) is 8.01. The molecule has 1 aromatic heterocycles. The van der Waals surface area contributed by atoms with Gasteiger partial charge in [-0.25, -0.2) is 0 Å². The minimum absolute atomic E-state index is 0.113. The molecular formula is C24H39N3O2. The summed E-state index contributed by atoms with van der Waals surface area (Å²) in [7, 11) is 0. The summed E-state index contributed by atoms with van der Waals surface area (Å²) in [6.45, 7) is 8.10. The Labute approximate surface area is 175 Å². The first-order chi connectivity index (χ1) is 14.1. The maximum atomic E-state index is 12.5. The van der Waals surface area contributed by atoms with Crippen molar-refractivity contribution < 1.29 is 9.59 Å². The molecule has 0 spiro atoms. The molecule has 0 radical (unpaired) electrons. The largest absolute Gasteiger partial charge is 0.361 e. The number of nitrogens with one attached hydrogen (secondary N) is 2. The van der Waals surface area contributed by atoms with E-state index in [-0.39, 0.29) is 11.7 Å². The van der Waals surface area contributed by atoms with E-state index in [0.717, 1.165) is 29.3 Å². The number of rotatable bonds is 12. The van der Waals surface area contributed by atoms with Crippen molar-refractivity contribution in [1.82, 2.24) is 10.3 Å². The Hall–Kier alpha value is -2.14. The Morgan fingerprint density at radius 3 is 2.45 bits per heavy atom. The van der Waals surface area contributed by atoms with Gasteiger partial charge >= 0.3 is 0 Å². The second-order valence-electron chi connectivity index (χ2n) is 7.27. The maximum absolute atomic E-state index is 12.5. The first-order valence-electron chi connectivity index (χ1n) is 11.2. The monoisotopic (exact) mass is 401 g/mol. The Morgan fingerprint density at radius 1 is 1.07 bits per heavy atom. The summed E-state index contributed by atoms with van der Waals surface area (Å²) >= 11 is 0. The molecule has 2 unspecified atom stereocenters. The minimum atomic E-state index is -0.671. The number of carbonyl (C=O) groups is 2. The molecule has 0 saturated carbocycles. The van der Waals surface area contributed by atoms with E-state index >= 15 is 0 Å². The molecule has 1 heterocycles. The Balaban J connectivity index is 0.00000204. The first-order valence-corrected chi connectivity index (χ1v) is 11.2. The topological polar surface area (TPSA) is 88.0 Å². The molecule has 5 heteroatoms. The molecule has 5 nitrogen and oxygen atoms in total. The number of amides is 1. The number of Topliss-reactive ketones (excluding diaryl/α,β-unsaturated/α-hetero) is 1. The van der Waals surface area contributed by atoms with E-state index < -0.39 is 12.1 Å². The molecule has 0 saturated heterocycles. The molecule has 0 aliphatic heterocycles. The number of benzene rings is 1. The summed E-state index contributed by atoms with van der Waals surface area (Å²) in [5.74, 6) is -0.145. The van der Waals surface area contributed by atoms with Crippen molar-refractivity contribution in [2.75, 3.05) is 0 Å². The van der Waals surface area contributed by atoms with Crippen molar-refractivity contribution in [2.24, 2.45) is 5.73 Å². The summed E-state index contributed by atoms with van der Waals surface area (Å²) < 4.78 is 0. The lowest BCUT2D eigenvalue weighted by atomic mass is 10.0. The van der Waals surface area contributed by atoms with Crippen LogP contribution in [0.4, 0.5) is 0 Å². The SMILES string of the molecule is CC.CCCCCCCC(=O)C(CC)NC(=O)C(N)Cc1c[nH]c2ccccc12. The summed E-state index contributed by atoms with van der Waals surface area (Å²) in [6, 6.07) is 6.85. The molecule has 0 bridgehead atoms. The van der Waals surface area contributed by atoms with E-state index in [0.29, 0.717) is 19.3 Å². The van der Waals surface area contributed by atoms with Gasteiger partial charge in [-0.15, -0.1) is 0 Å². The highest BCUT2D eigenvalue weighted by molar-refractivity contribution is 5.91. The third-order valence-electron chi connectivity index (χ3n) is 5.09. The highest BCUT2D eigenvalue weighted by Crippen LogP contribution is 2.18. The number of para-hydroxylation sites is 1. The predicted octanol–water partition coefficient (Wildman–Crippen LogP) is 4.89. The zero-order chi connectivity index (χ0) is 21.6. The normalized spacial score (nSPS) is 12.7. The average molecular weight is 402 g/mol. The number of fused-ring (bicyclic) bond motifs is 1. The van der Waals surface area contributed by atoms with Gasteiger partial charge in [0.15, 0.2) is 5.78 Å². The van der Waals surface area contributed by atoms with Crippen LogP contribution >= 0.6 is 0 Å². The van der Waals surface area contributed by atoms with Gasteiger partial charge in [0.1, 0.15) is 0 Å². The second kappa shape index (κ2) is 13.9. The van der Waals surface area contributed by atoms with Crippen molar-refractivity contribution in [3.63, 3.8) is 0 Å². The van der Waals surface area contributed by atoms with Crippen LogP contribution in [-0.2, 0) is 16.0 Å². The molecule has 0 fully saturated rings. The van der Waals surface area contributed by atoms with Gasteiger partial charge in [0.25, 0.3) is 0 Å². The maximum Gasteiger partial charge on any atom is 0.237 e. The molecule has 4 N–H and O–H groups in total. The molecular weight excluding hydrogens is 362 g/mol. The number of H-pyrrole nitrogens is 1. The van der Waals surface area contributed by atoms with Gasteiger partial charge in [0.2, 0.25) is 5.91 Å². The number of nitrogens with two attached hydrogens (primary N) is 1. The number of carbonyl (C=O) groups excluding carboxylic acids is 2. The van der Waals surface area contributed by atoms with Gasteiger partial charge in [-0.05, 0) is 30.9 Å². The van der Waals surface area contributed by atoms with Crippen LogP contribution in [-0.4, -0.2) is 28.8 Å². The smallest absolute Gasteiger partial charge is 0.237 e. The molecule has 162 valence electrons. The minimum Gasteiger partial charge on any atom is -0.361 e. The number of ketones is 1. The van der Waals surface area contributed by atoms with Gasteiger partial charge in [0.05, 0.1) is 12.1 Å². The quantitative estimate of drug-likeness (QED) is 0.443. The number of hydrogen-bond acceptors (Lipinski definition) is 3. The molecule has 1 aromatic carbocycles. The highest BCUT2D eigenvalue weighted by atomic mass is 16.2. The van der Waals surface area contributed by atoms with Crippen LogP contribution in [0.15, 0.2) is 30.5 Å². The summed E-state index contributed by atoms with van der Waals surface area (Å²) in [5.41, 5.74) is 8.17. The standard InChI is InChI=1S/C22H33N3O2.C2H6/c1-3-5-6-7-8-13-21(26)19(4-2)25-22(27)18(23)14-16-15-24-20-12-10-9-11-17(16)20;1-2/h9-12,15,18-19,24H,3-8,13-14,23H2,1-2H3,(H,25,27);1-2H3. The fourth-order valence-corrected chi connectivity index (χ4v) is 3.40. The number of unbranched alkanes of at least 4 members (excludes halogenated alkanes) is 4. The number of aromatic amines is 1. The van der Waals surface area contributed by atoms with Crippen molar-refractivity contribution >= 4 is 22.6 Å². The molecule has 2 atom stereocenters. The van der Waals surface area contributed by atoms with Crippen LogP contribution < -0.4 is 11.1 Å². The molecule has 0 aliphatic rings. The lowest BCUT2D eigenvalue weighted by molar-refractivity contribution is -0.128. The van der Waals surface area contributed by atoms with Gasteiger partial charge in [-0.2, -0.15) is 0 Å². The van der Waals surface area contributed by atoms with Crippen LogP contribution in [0.1, 0.15) is 78.2 Å². The van der Waals surface area contributed by atoms with Gasteiger partial charge in [0, 0.05) is 23.5 Å². The first kappa shape index (κ1) is 24.9. The summed E-state index contributed by atoms with van der Waals surface area (Å²) in [4.78, 5) is 28.1. The van der Waals surface area contributed by atoms with E-state index in [4.69, 9.17) is 5.73 Å². The highest BCUT2D eigenvalue weighted by Gasteiger charge is 2.22. The van der Waals surface area contributed by atoms with E-state index in [2.05, 4.69) is 17.2 Å². The van der Waals surface area contributed by atoms with Crippen LogP contribution in [0.2, 0.25) is 0 Å². The Kier molecular flexibility index (Phi) is 12.0. The van der Waals surface area contributed by atoms with Crippen molar-refractivity contribution in [1.29, 1.82) is 0 Å². The second-order valence-corrected chi connectivity index (χ2v) is 7.27. The summed E-state index contributed by atoms with van der Waals surface area (Å²) in [5, 5.41) is 3.93. The van der Waals surface area contributed by atoms with E-state index in [1.165, 1.54) is 19.3 Å². The van der Waals surface area contributed by atoms with E-state index in [1.54, 1.807) is 0 Å². The van der Waals surface area contributed by atoms with Gasteiger partial charge in [-0.3, -0.25) is 9.59 Å². The molecule has 0 aliphatic carbocycles. The van der Waals surface area contributed by atoms with Crippen molar-refractivity contribution in [3.05, 3.63) is 36.0 Å². The molecule has 1 amide bonds. The van der Waals surface area contributed by atoms with E-state index in [1.807, 2.05) is 51.2 Å². The number of aromatic nitrogens is 1. The average Bonchev–Trinajstić information content (AvgIpc) is 3.15. The van der Waals surface area contributed by atoms with Crippen LogP contribution in [0, 0.1) is 0 Å². The van der Waals surface area contributed by atoms with Gasteiger partial charge < -0.3 is 16.0 Å². The molecule has 2 rings (SSSR count). The fourth-order valence-electron chi connectivity index (χ4n) is 3.40. The van der Waals surface area contributed by atoms with Gasteiger partial charge in [-0.1, -0.05) is 71.6 Å². The van der Waals surface area contributed by atoms with Crippen LogP contribution in [0.5, 0.6) is 0 Å². The van der Waals surface area contributed by atoms with E-state index in [9.17, 15) is 9.59 Å². The van der Waals surface area contributed by atoms with Crippen molar-refractivity contribution in [2.45, 2.75) is 91.1 Å². The van der Waals surface area contributed by atoms with Crippen LogP contribution in [0.25, 0.3) is 10.9 Å². The zero-order valence-corrected chi connectivity index (χ0v) is 18.6. The fraction of sp³-hybridized carbons (Fsp3) is 0.583. The summed E-state index contributed by atoms with van der Waals surface area (Å²) in [6.07, 6.45) is 9.01. The van der Waals surface area contributed by atoms with Crippen LogP contribution in [0.3, 0.4) is 0 Å². The predicted molar refractivity (Wildman–Crippen MR) is 122 cm³/mol. The lowest BCUT2D eigenvalue weighted by Crippen LogP contribution is -2.48. The number of hydrogen-bond donors (Lipinski definition) is 3. The molecule has 2 aromatic rings. The molecule has 29 heavy (non-hydrogen) atoms.